The number of aromatic nitrogens is 4. The predicted molar refractivity (Wildman–Crippen MR) is 83.9 cm³/mol. The van der Waals surface area contributed by atoms with Crippen molar-refractivity contribution in [3.63, 3.8) is 0 Å². The molecule has 0 fully saturated rings. The Morgan fingerprint density at radius 2 is 1.95 bits per heavy atom. The number of nitrogens with zero attached hydrogens (tertiary/aromatic N) is 4. The van der Waals surface area contributed by atoms with Crippen LogP contribution in [0.2, 0.25) is 0 Å². The third-order valence-electron chi connectivity index (χ3n) is 3.01. The Balaban J connectivity index is 2.50. The average Bonchev–Trinajstić information content (AvgIpc) is 2.90. The Kier molecular flexibility index (Phi) is 5.00. The minimum Gasteiger partial charge on any atom is -0.370 e. The van der Waals surface area contributed by atoms with Gasteiger partial charge >= 0.3 is 0 Å². The van der Waals surface area contributed by atoms with E-state index in [1.54, 1.807) is 11.8 Å². The fourth-order valence-corrected chi connectivity index (χ4v) is 2.36. The van der Waals surface area contributed by atoms with Crippen molar-refractivity contribution < 1.29 is 0 Å². The zero-order chi connectivity index (χ0) is 14.5. The molecule has 0 aromatic carbocycles. The molecule has 2 aromatic rings. The Labute approximate surface area is 124 Å². The van der Waals surface area contributed by atoms with Crippen LogP contribution in [-0.4, -0.2) is 32.5 Å². The summed E-state index contributed by atoms with van der Waals surface area (Å²) in [5.41, 5.74) is 2.27. The first kappa shape index (κ1) is 14.8. The highest BCUT2D eigenvalue weighted by atomic mass is 32.2. The first-order chi connectivity index (χ1) is 9.71. The number of anilines is 1. The molecular formula is C14H21N5S. The molecule has 0 radical (unpaired) electrons. The van der Waals surface area contributed by atoms with Crippen molar-refractivity contribution in [2.24, 2.45) is 0 Å². The Bertz CT molecular complexity index is 579. The third kappa shape index (κ3) is 3.12. The van der Waals surface area contributed by atoms with Crippen molar-refractivity contribution >= 4 is 17.6 Å². The van der Waals surface area contributed by atoms with Crippen LogP contribution in [0.4, 0.5) is 5.82 Å². The second kappa shape index (κ2) is 6.74. The molecule has 2 aromatic heterocycles. The molecule has 0 bridgehead atoms. The fourth-order valence-electron chi connectivity index (χ4n) is 1.98. The highest BCUT2D eigenvalue weighted by Gasteiger charge is 2.11. The molecule has 6 heteroatoms. The van der Waals surface area contributed by atoms with E-state index in [4.69, 9.17) is 0 Å². The molecule has 0 atom stereocenters. The summed E-state index contributed by atoms with van der Waals surface area (Å²) in [5.74, 6) is 1.68. The van der Waals surface area contributed by atoms with Gasteiger partial charge < -0.3 is 5.32 Å². The van der Waals surface area contributed by atoms with Gasteiger partial charge in [0.15, 0.2) is 11.0 Å². The van der Waals surface area contributed by atoms with Gasteiger partial charge in [-0.05, 0) is 32.1 Å². The van der Waals surface area contributed by atoms with Crippen LogP contribution in [0, 0.1) is 0 Å². The highest BCUT2D eigenvalue weighted by molar-refractivity contribution is 7.98. The largest absolute Gasteiger partial charge is 0.370 e. The van der Waals surface area contributed by atoms with E-state index < -0.39 is 0 Å². The lowest BCUT2D eigenvalue weighted by Gasteiger charge is -2.09. The summed E-state index contributed by atoms with van der Waals surface area (Å²) >= 11 is 1.54. The second-order valence-corrected chi connectivity index (χ2v) is 5.15. The molecule has 108 valence electrons. The first-order valence-corrected chi connectivity index (χ1v) is 8.19. The van der Waals surface area contributed by atoms with Crippen LogP contribution in [0.25, 0.3) is 5.82 Å². The van der Waals surface area contributed by atoms with Crippen molar-refractivity contribution in [1.29, 1.82) is 0 Å². The minimum absolute atomic E-state index is 0.758. The van der Waals surface area contributed by atoms with Crippen LogP contribution in [0.1, 0.15) is 32.2 Å². The highest BCUT2D eigenvalue weighted by Crippen LogP contribution is 2.19. The minimum atomic E-state index is 0.758. The van der Waals surface area contributed by atoms with Crippen molar-refractivity contribution in [3.8, 4) is 5.82 Å². The molecule has 2 heterocycles. The van der Waals surface area contributed by atoms with Gasteiger partial charge in [-0.15, -0.1) is 0 Å². The van der Waals surface area contributed by atoms with E-state index in [0.29, 0.717) is 0 Å². The smallest absolute Gasteiger partial charge is 0.191 e. The Hall–Kier alpha value is -1.56. The summed E-state index contributed by atoms with van der Waals surface area (Å²) in [6.45, 7) is 7.14. The second-order valence-electron chi connectivity index (χ2n) is 4.37. The third-order valence-corrected chi connectivity index (χ3v) is 3.56. The summed E-state index contributed by atoms with van der Waals surface area (Å²) < 4.78 is 1.93. The maximum atomic E-state index is 4.64. The van der Waals surface area contributed by atoms with Gasteiger partial charge in [0.05, 0.1) is 5.69 Å². The lowest BCUT2D eigenvalue weighted by Crippen LogP contribution is -2.08. The van der Waals surface area contributed by atoms with E-state index in [1.807, 2.05) is 17.0 Å². The average molecular weight is 291 g/mol. The Morgan fingerprint density at radius 1 is 1.15 bits per heavy atom. The van der Waals surface area contributed by atoms with Crippen LogP contribution in [-0.2, 0) is 12.8 Å². The van der Waals surface area contributed by atoms with Gasteiger partial charge in [-0.25, -0.2) is 14.6 Å². The molecule has 20 heavy (non-hydrogen) atoms. The molecule has 0 saturated carbocycles. The molecule has 0 aliphatic heterocycles. The van der Waals surface area contributed by atoms with E-state index in [2.05, 4.69) is 47.2 Å². The van der Waals surface area contributed by atoms with Gasteiger partial charge in [-0.2, -0.15) is 5.10 Å². The predicted octanol–water partition coefficient (Wildman–Crippen LogP) is 2.94. The molecular weight excluding hydrogens is 270 g/mol. The zero-order valence-corrected chi connectivity index (χ0v) is 13.3. The van der Waals surface area contributed by atoms with Crippen molar-refractivity contribution in [1.82, 2.24) is 19.7 Å². The van der Waals surface area contributed by atoms with Crippen LogP contribution in [0.3, 0.4) is 0 Å². The molecule has 0 unspecified atom stereocenters. The van der Waals surface area contributed by atoms with Crippen LogP contribution < -0.4 is 5.32 Å². The lowest BCUT2D eigenvalue weighted by atomic mass is 10.2. The molecule has 2 rings (SSSR count). The zero-order valence-electron chi connectivity index (χ0n) is 12.5. The standard InChI is InChI=1S/C14H21N5S/c1-5-10-8-11(6-2)19(18-10)13-9-12(15-7-3)16-14(17-13)20-4/h8-9H,5-7H2,1-4H3,(H,15,16,17). The lowest BCUT2D eigenvalue weighted by molar-refractivity contribution is 0.752. The first-order valence-electron chi connectivity index (χ1n) is 6.96. The van der Waals surface area contributed by atoms with Crippen molar-refractivity contribution in [3.05, 3.63) is 23.5 Å². The van der Waals surface area contributed by atoms with Gasteiger partial charge in [0, 0.05) is 18.3 Å². The van der Waals surface area contributed by atoms with Gasteiger partial charge in [-0.1, -0.05) is 25.6 Å². The monoisotopic (exact) mass is 291 g/mol. The number of rotatable bonds is 6. The summed E-state index contributed by atoms with van der Waals surface area (Å²) in [4.78, 5) is 9.02. The van der Waals surface area contributed by atoms with E-state index in [0.717, 1.165) is 41.9 Å². The molecule has 0 spiro atoms. The number of aryl methyl sites for hydroxylation is 2. The quantitative estimate of drug-likeness (QED) is 0.655. The molecule has 0 saturated heterocycles. The van der Waals surface area contributed by atoms with E-state index in [-0.39, 0.29) is 0 Å². The van der Waals surface area contributed by atoms with Crippen molar-refractivity contribution in [2.45, 2.75) is 38.8 Å². The number of thioether (sulfide) groups is 1. The van der Waals surface area contributed by atoms with Crippen LogP contribution in [0.5, 0.6) is 0 Å². The van der Waals surface area contributed by atoms with Gasteiger partial charge in [0.2, 0.25) is 0 Å². The maximum Gasteiger partial charge on any atom is 0.191 e. The topological polar surface area (TPSA) is 55.6 Å². The summed E-state index contributed by atoms with van der Waals surface area (Å²) in [5, 5.41) is 8.64. The van der Waals surface area contributed by atoms with Crippen LogP contribution in [0.15, 0.2) is 17.3 Å². The van der Waals surface area contributed by atoms with Crippen LogP contribution >= 0.6 is 11.8 Å². The van der Waals surface area contributed by atoms with Crippen molar-refractivity contribution in [2.75, 3.05) is 18.1 Å². The normalized spacial score (nSPS) is 10.8. The van der Waals surface area contributed by atoms with E-state index >= 15 is 0 Å². The Morgan fingerprint density at radius 3 is 2.55 bits per heavy atom. The van der Waals surface area contributed by atoms with E-state index in [1.165, 1.54) is 5.69 Å². The van der Waals surface area contributed by atoms with Gasteiger partial charge in [0.1, 0.15) is 5.82 Å². The molecule has 0 aliphatic carbocycles. The van der Waals surface area contributed by atoms with E-state index in [9.17, 15) is 0 Å². The van der Waals surface area contributed by atoms with Gasteiger partial charge in [-0.3, -0.25) is 0 Å². The maximum absolute atomic E-state index is 4.64. The summed E-state index contributed by atoms with van der Waals surface area (Å²) in [6.07, 6.45) is 3.85. The molecule has 0 amide bonds. The number of hydrogen-bond donors (Lipinski definition) is 1. The number of hydrogen-bond acceptors (Lipinski definition) is 5. The molecule has 5 nitrogen and oxygen atoms in total. The SMILES string of the molecule is CCNc1cc(-n2nc(CC)cc2CC)nc(SC)n1. The number of nitrogens with one attached hydrogen (secondary N) is 1. The van der Waals surface area contributed by atoms with Gasteiger partial charge in [0.25, 0.3) is 0 Å². The molecule has 0 aliphatic rings. The summed E-state index contributed by atoms with van der Waals surface area (Å²) in [6, 6.07) is 4.10. The fraction of sp³-hybridized carbons (Fsp3) is 0.500. The summed E-state index contributed by atoms with van der Waals surface area (Å²) in [7, 11) is 0. The molecule has 1 N–H and O–H groups in total.